The average Bonchev–Trinajstić information content (AvgIpc) is 3.45. The fraction of sp³-hybridized carbons (Fsp3) is 0.179. The van der Waals surface area contributed by atoms with Crippen molar-refractivity contribution in [2.24, 2.45) is 0 Å². The Bertz CT molecular complexity index is 1560. The van der Waals surface area contributed by atoms with Crippen LogP contribution in [0, 0.1) is 0 Å². The van der Waals surface area contributed by atoms with Gasteiger partial charge >= 0.3 is 5.76 Å². The molecule has 2 heterocycles. The number of aromatic amines is 1. The van der Waals surface area contributed by atoms with Gasteiger partial charge in [-0.15, -0.1) is 0 Å². The number of halogens is 1. The van der Waals surface area contributed by atoms with Gasteiger partial charge in [-0.05, 0) is 59.9 Å². The molecule has 6 nitrogen and oxygen atoms in total. The van der Waals surface area contributed by atoms with Crippen LogP contribution in [0.25, 0.3) is 22.2 Å². The summed E-state index contributed by atoms with van der Waals surface area (Å²) < 4.78 is 7.05. The molecule has 5 rings (SSSR count). The van der Waals surface area contributed by atoms with E-state index in [4.69, 9.17) is 21.1 Å². The summed E-state index contributed by atoms with van der Waals surface area (Å²) in [5.74, 6) is 0.920. The first-order valence-corrected chi connectivity index (χ1v) is 12.0. The number of aryl methyl sites for hydroxylation is 1. The van der Waals surface area contributed by atoms with Crippen LogP contribution < -0.4 is 5.76 Å². The molecular formula is C28H25ClN4O2. The van der Waals surface area contributed by atoms with E-state index in [1.807, 2.05) is 37.3 Å². The van der Waals surface area contributed by atoms with Crippen molar-refractivity contribution in [3.63, 3.8) is 0 Å². The first kappa shape index (κ1) is 22.9. The summed E-state index contributed by atoms with van der Waals surface area (Å²) in [4.78, 5) is 19.1. The number of imidazole rings is 1. The van der Waals surface area contributed by atoms with Crippen LogP contribution in [0.15, 0.2) is 82.1 Å². The van der Waals surface area contributed by atoms with Crippen LogP contribution in [0.3, 0.4) is 0 Å². The Morgan fingerprint density at radius 2 is 1.69 bits per heavy atom. The topological polar surface area (TPSA) is 76.7 Å². The van der Waals surface area contributed by atoms with Crippen molar-refractivity contribution >= 4 is 33.8 Å². The monoisotopic (exact) mass is 484 g/mol. The van der Waals surface area contributed by atoms with Crippen molar-refractivity contribution in [1.29, 1.82) is 0 Å². The minimum Gasteiger partial charge on any atom is -0.323 e. The van der Waals surface area contributed by atoms with Crippen LogP contribution in [-0.2, 0) is 13.0 Å². The third kappa shape index (κ3) is 4.70. The summed E-state index contributed by atoms with van der Waals surface area (Å²) in [6, 6.07) is 24.4. The average molecular weight is 485 g/mol. The lowest BCUT2D eigenvalue weighted by molar-refractivity contribution is 0.385. The quantitative estimate of drug-likeness (QED) is 0.292. The van der Waals surface area contributed by atoms with Crippen LogP contribution in [-0.4, -0.2) is 19.7 Å². The molecule has 0 aliphatic heterocycles. The summed E-state index contributed by atoms with van der Waals surface area (Å²) in [7, 11) is 0. The van der Waals surface area contributed by atoms with Gasteiger partial charge in [0.25, 0.3) is 0 Å². The van der Waals surface area contributed by atoms with E-state index in [2.05, 4.69) is 64.1 Å². The maximum Gasteiger partial charge on any atom is 0.439 e. The number of para-hydroxylation sites is 2. The smallest absolute Gasteiger partial charge is 0.323 e. The van der Waals surface area contributed by atoms with Gasteiger partial charge in [-0.25, -0.2) is 9.78 Å². The largest absolute Gasteiger partial charge is 0.439 e. The number of fused-ring (bicyclic) bond motifs is 1. The van der Waals surface area contributed by atoms with E-state index in [9.17, 15) is 4.79 Å². The van der Waals surface area contributed by atoms with E-state index < -0.39 is 5.76 Å². The van der Waals surface area contributed by atoms with Gasteiger partial charge in [-0.2, -0.15) is 0 Å². The number of nitrogens with zero attached hydrogens (tertiary/aromatic N) is 3. The molecule has 1 N–H and O–H groups in total. The van der Waals surface area contributed by atoms with Crippen LogP contribution in [0.1, 0.15) is 48.6 Å². The summed E-state index contributed by atoms with van der Waals surface area (Å²) in [5, 5.41) is 4.55. The molecule has 3 aromatic carbocycles. The van der Waals surface area contributed by atoms with E-state index in [0.29, 0.717) is 10.8 Å². The molecule has 0 bridgehead atoms. The fourth-order valence-corrected chi connectivity index (χ4v) is 4.53. The number of aromatic nitrogens is 4. The summed E-state index contributed by atoms with van der Waals surface area (Å²) in [5.41, 5.74) is 7.06. The number of rotatable bonds is 7. The summed E-state index contributed by atoms with van der Waals surface area (Å²) >= 11 is 6.13. The Hall–Kier alpha value is -3.90. The fourth-order valence-electron chi connectivity index (χ4n) is 4.40. The van der Waals surface area contributed by atoms with E-state index in [1.165, 1.54) is 5.56 Å². The first-order valence-electron chi connectivity index (χ1n) is 11.6. The molecular weight excluding hydrogens is 460 g/mol. The highest BCUT2D eigenvalue weighted by Crippen LogP contribution is 2.32. The van der Waals surface area contributed by atoms with Crippen molar-refractivity contribution in [1.82, 2.24) is 19.7 Å². The highest BCUT2D eigenvalue weighted by molar-refractivity contribution is 6.30. The van der Waals surface area contributed by atoms with Gasteiger partial charge < -0.3 is 4.57 Å². The van der Waals surface area contributed by atoms with Crippen LogP contribution in [0.4, 0.5) is 0 Å². The molecule has 2 aromatic heterocycles. The second kappa shape index (κ2) is 9.76. The minimum absolute atomic E-state index is 0.401. The van der Waals surface area contributed by atoms with Crippen LogP contribution in [0.2, 0.25) is 5.02 Å². The second-order valence-electron chi connectivity index (χ2n) is 8.50. The molecule has 7 heteroatoms. The van der Waals surface area contributed by atoms with E-state index in [0.717, 1.165) is 58.5 Å². The maximum atomic E-state index is 11.6. The molecule has 0 spiro atoms. The molecule has 35 heavy (non-hydrogen) atoms. The second-order valence-corrected chi connectivity index (χ2v) is 8.94. The molecule has 0 saturated carbocycles. The number of hydrogen-bond acceptors (Lipinski definition) is 4. The normalized spacial score (nSPS) is 12.2. The number of hydrogen-bond donors (Lipinski definition) is 1. The predicted molar refractivity (Wildman–Crippen MR) is 139 cm³/mol. The predicted octanol–water partition coefficient (Wildman–Crippen LogP) is 6.35. The SMILES string of the molecule is CCCc1nc2ccccc2n1Cc1ccc(/C(=C(\C)c2noc(=O)[nH]2)c2ccc(Cl)cc2)cc1. The molecule has 0 fully saturated rings. The minimum atomic E-state index is -0.583. The third-order valence-corrected chi connectivity index (χ3v) is 6.35. The van der Waals surface area contributed by atoms with Gasteiger partial charge in [0, 0.05) is 23.6 Å². The maximum absolute atomic E-state index is 11.6. The molecule has 0 radical (unpaired) electrons. The van der Waals surface area contributed by atoms with Gasteiger partial charge in [-0.3, -0.25) is 9.51 Å². The Morgan fingerprint density at radius 3 is 2.34 bits per heavy atom. The molecule has 0 saturated heterocycles. The zero-order valence-electron chi connectivity index (χ0n) is 19.6. The number of nitrogens with one attached hydrogen (secondary N) is 1. The van der Waals surface area contributed by atoms with Crippen molar-refractivity contribution in [3.05, 3.63) is 117 Å². The Morgan fingerprint density at radius 1 is 1.00 bits per heavy atom. The molecule has 0 amide bonds. The Kier molecular flexibility index (Phi) is 6.38. The van der Waals surface area contributed by atoms with Crippen LogP contribution >= 0.6 is 11.6 Å². The standard InChI is InChI=1S/C28H25ClN4O2/c1-3-6-25-30-23-7-4-5-8-24(23)33(25)17-19-9-11-20(12-10-19)26(21-13-15-22(29)16-14-21)18(2)27-31-28(34)35-32-27/h4-5,7-16H,3,6,17H2,1-2H3,(H,31,32,34)/b26-18-. The van der Waals surface area contributed by atoms with Gasteiger partial charge in [0.15, 0.2) is 5.82 Å². The lowest BCUT2D eigenvalue weighted by Crippen LogP contribution is -2.05. The van der Waals surface area contributed by atoms with Crippen molar-refractivity contribution < 1.29 is 4.52 Å². The van der Waals surface area contributed by atoms with E-state index in [-0.39, 0.29) is 0 Å². The van der Waals surface area contributed by atoms with Crippen molar-refractivity contribution in [2.75, 3.05) is 0 Å². The van der Waals surface area contributed by atoms with Gasteiger partial charge in [0.2, 0.25) is 0 Å². The molecule has 0 unspecified atom stereocenters. The summed E-state index contributed by atoms with van der Waals surface area (Å²) in [6.45, 7) is 4.83. The van der Waals surface area contributed by atoms with Crippen LogP contribution in [0.5, 0.6) is 0 Å². The molecule has 0 atom stereocenters. The van der Waals surface area contributed by atoms with Crippen molar-refractivity contribution in [3.8, 4) is 0 Å². The number of benzene rings is 3. The third-order valence-electron chi connectivity index (χ3n) is 6.09. The number of allylic oxidation sites excluding steroid dienone is 1. The first-order chi connectivity index (χ1) is 17.0. The van der Waals surface area contributed by atoms with Gasteiger partial charge in [-0.1, -0.05) is 72.2 Å². The zero-order valence-corrected chi connectivity index (χ0v) is 20.3. The molecule has 0 aliphatic rings. The van der Waals surface area contributed by atoms with Gasteiger partial charge in [0.05, 0.1) is 11.0 Å². The lowest BCUT2D eigenvalue weighted by atomic mass is 9.92. The molecule has 176 valence electrons. The molecule has 5 aromatic rings. The lowest BCUT2D eigenvalue weighted by Gasteiger charge is -2.14. The Labute approximate surface area is 207 Å². The van der Waals surface area contributed by atoms with E-state index in [1.54, 1.807) is 0 Å². The van der Waals surface area contributed by atoms with Gasteiger partial charge in [0.1, 0.15) is 5.82 Å². The zero-order chi connectivity index (χ0) is 24.4. The highest BCUT2D eigenvalue weighted by Gasteiger charge is 2.15. The molecule has 0 aliphatic carbocycles. The van der Waals surface area contributed by atoms with E-state index >= 15 is 0 Å². The summed E-state index contributed by atoms with van der Waals surface area (Å²) in [6.07, 6.45) is 1.98. The highest BCUT2D eigenvalue weighted by atomic mass is 35.5. The number of H-pyrrole nitrogens is 1. The van der Waals surface area contributed by atoms with Crippen molar-refractivity contribution in [2.45, 2.75) is 33.2 Å². The Balaban J connectivity index is 1.54.